The first-order chi connectivity index (χ1) is 9.88. The van der Waals surface area contributed by atoms with E-state index < -0.39 is 0 Å². The molecule has 1 aromatic heterocycles. The smallest absolute Gasteiger partial charge is 0.221 e. The van der Waals surface area contributed by atoms with Crippen molar-refractivity contribution in [2.75, 3.05) is 11.9 Å². The Hall–Kier alpha value is -2.55. The first-order valence-electron chi connectivity index (χ1n) is 6.71. The first kappa shape index (κ1) is 12.5. The van der Waals surface area contributed by atoms with Crippen LogP contribution in [-0.4, -0.2) is 11.6 Å². The van der Waals surface area contributed by atoms with Crippen molar-refractivity contribution < 1.29 is 4.74 Å². The number of hydrogen-bond donors (Lipinski definition) is 1. The molecule has 0 unspecified atom stereocenters. The topological polar surface area (TPSA) is 34.1 Å². The fraction of sp³-hybridized carbons (Fsp3) is 0.118. The van der Waals surface area contributed by atoms with E-state index in [2.05, 4.69) is 16.4 Å². The first-order valence-corrected chi connectivity index (χ1v) is 6.71. The number of fused-ring (bicyclic) bond motifs is 1. The Morgan fingerprint density at radius 2 is 1.80 bits per heavy atom. The zero-order chi connectivity index (χ0) is 13.8. The number of rotatable bonds is 4. The van der Waals surface area contributed by atoms with Gasteiger partial charge >= 0.3 is 0 Å². The van der Waals surface area contributed by atoms with Gasteiger partial charge in [0.2, 0.25) is 5.88 Å². The summed E-state index contributed by atoms with van der Waals surface area (Å²) in [5.74, 6) is 0.682. The second-order valence-electron chi connectivity index (χ2n) is 4.44. The van der Waals surface area contributed by atoms with Crippen LogP contribution in [0.1, 0.15) is 6.92 Å². The molecule has 20 heavy (non-hydrogen) atoms. The van der Waals surface area contributed by atoms with E-state index in [1.54, 1.807) is 6.20 Å². The van der Waals surface area contributed by atoms with Gasteiger partial charge in [0.05, 0.1) is 6.61 Å². The lowest BCUT2D eigenvalue weighted by Crippen LogP contribution is -1.96. The van der Waals surface area contributed by atoms with Gasteiger partial charge in [0.15, 0.2) is 0 Å². The van der Waals surface area contributed by atoms with Gasteiger partial charge in [0, 0.05) is 28.3 Å². The number of anilines is 2. The molecule has 0 atom stereocenters. The molecule has 0 aliphatic rings. The van der Waals surface area contributed by atoms with Crippen LogP contribution in [0.3, 0.4) is 0 Å². The Bertz CT molecular complexity index is 711. The molecule has 0 amide bonds. The van der Waals surface area contributed by atoms with Gasteiger partial charge in [-0.15, -0.1) is 0 Å². The van der Waals surface area contributed by atoms with E-state index in [0.717, 1.165) is 22.1 Å². The highest BCUT2D eigenvalue weighted by Gasteiger charge is 2.06. The van der Waals surface area contributed by atoms with Crippen LogP contribution in [0.15, 0.2) is 60.8 Å². The predicted octanol–water partition coefficient (Wildman–Crippen LogP) is 4.38. The minimum absolute atomic E-state index is 0.614. The summed E-state index contributed by atoms with van der Waals surface area (Å²) in [6.07, 6.45) is 1.78. The molecule has 3 nitrogen and oxygen atoms in total. The number of pyridine rings is 1. The highest BCUT2D eigenvalue weighted by Crippen LogP contribution is 2.30. The van der Waals surface area contributed by atoms with E-state index in [-0.39, 0.29) is 0 Å². The van der Waals surface area contributed by atoms with Gasteiger partial charge in [0.1, 0.15) is 0 Å². The van der Waals surface area contributed by atoms with Crippen LogP contribution in [-0.2, 0) is 0 Å². The number of hydrogen-bond acceptors (Lipinski definition) is 3. The molecule has 0 spiro atoms. The average molecular weight is 264 g/mol. The molecule has 0 radical (unpaired) electrons. The van der Waals surface area contributed by atoms with E-state index in [4.69, 9.17) is 4.74 Å². The maximum absolute atomic E-state index is 5.59. The normalized spacial score (nSPS) is 10.4. The summed E-state index contributed by atoms with van der Waals surface area (Å²) in [4.78, 5) is 4.29. The van der Waals surface area contributed by atoms with Crippen molar-refractivity contribution in [3.8, 4) is 5.88 Å². The summed E-state index contributed by atoms with van der Waals surface area (Å²) in [5.41, 5.74) is 2.12. The fourth-order valence-electron chi connectivity index (χ4n) is 2.22. The Morgan fingerprint density at radius 3 is 2.60 bits per heavy atom. The molecule has 3 heteroatoms. The third-order valence-electron chi connectivity index (χ3n) is 3.10. The van der Waals surface area contributed by atoms with Crippen LogP contribution in [0.2, 0.25) is 0 Å². The third-order valence-corrected chi connectivity index (χ3v) is 3.10. The minimum Gasteiger partial charge on any atom is -0.478 e. The van der Waals surface area contributed by atoms with Gasteiger partial charge in [-0.2, -0.15) is 0 Å². The van der Waals surface area contributed by atoms with E-state index in [1.807, 2.05) is 55.5 Å². The largest absolute Gasteiger partial charge is 0.478 e. The fourth-order valence-corrected chi connectivity index (χ4v) is 2.22. The summed E-state index contributed by atoms with van der Waals surface area (Å²) in [7, 11) is 0. The molecule has 1 N–H and O–H groups in total. The quantitative estimate of drug-likeness (QED) is 0.759. The van der Waals surface area contributed by atoms with Crippen molar-refractivity contribution in [3.05, 3.63) is 60.8 Å². The molecule has 3 rings (SSSR count). The van der Waals surface area contributed by atoms with Crippen LogP contribution in [0, 0.1) is 0 Å². The highest BCUT2D eigenvalue weighted by atomic mass is 16.5. The molecular weight excluding hydrogens is 248 g/mol. The van der Waals surface area contributed by atoms with Crippen molar-refractivity contribution in [2.24, 2.45) is 0 Å². The Labute approximate surface area is 118 Å². The van der Waals surface area contributed by atoms with Crippen molar-refractivity contribution in [3.63, 3.8) is 0 Å². The third kappa shape index (κ3) is 2.43. The summed E-state index contributed by atoms with van der Waals surface area (Å²) in [6.45, 7) is 2.58. The monoisotopic (exact) mass is 264 g/mol. The van der Waals surface area contributed by atoms with Crippen molar-refractivity contribution >= 4 is 22.1 Å². The zero-order valence-electron chi connectivity index (χ0n) is 11.3. The molecular formula is C17H16N2O. The summed E-state index contributed by atoms with van der Waals surface area (Å²) in [5, 5.41) is 5.56. The molecule has 2 aromatic carbocycles. The van der Waals surface area contributed by atoms with E-state index in [1.165, 1.54) is 0 Å². The van der Waals surface area contributed by atoms with Crippen molar-refractivity contribution in [1.82, 2.24) is 4.98 Å². The summed E-state index contributed by atoms with van der Waals surface area (Å²) < 4.78 is 5.59. The maximum atomic E-state index is 5.59. The predicted molar refractivity (Wildman–Crippen MR) is 82.6 cm³/mol. The molecule has 0 aliphatic heterocycles. The number of nitrogens with one attached hydrogen (secondary N) is 1. The Morgan fingerprint density at radius 1 is 0.950 bits per heavy atom. The lowest BCUT2D eigenvalue weighted by atomic mass is 10.1. The van der Waals surface area contributed by atoms with Gasteiger partial charge in [-0.1, -0.05) is 24.3 Å². The van der Waals surface area contributed by atoms with Gasteiger partial charge in [-0.3, -0.25) is 0 Å². The van der Waals surface area contributed by atoms with Crippen LogP contribution < -0.4 is 10.1 Å². The molecule has 0 aliphatic carbocycles. The summed E-state index contributed by atoms with van der Waals surface area (Å²) >= 11 is 0. The van der Waals surface area contributed by atoms with Gasteiger partial charge < -0.3 is 10.1 Å². The van der Waals surface area contributed by atoms with E-state index >= 15 is 0 Å². The standard InChI is InChI=1S/C17H16N2O/c1-2-20-17-15-9-6-10-16(14(15)11-12-18-17)19-13-7-4-3-5-8-13/h3-12,19H,2H2,1H3. The highest BCUT2D eigenvalue weighted by molar-refractivity contribution is 5.97. The van der Waals surface area contributed by atoms with Crippen LogP contribution >= 0.6 is 0 Å². The second kappa shape index (κ2) is 5.61. The lowest BCUT2D eigenvalue weighted by molar-refractivity contribution is 0.331. The van der Waals surface area contributed by atoms with Gasteiger partial charge in [0.25, 0.3) is 0 Å². The van der Waals surface area contributed by atoms with Gasteiger partial charge in [-0.25, -0.2) is 4.98 Å². The van der Waals surface area contributed by atoms with E-state index in [0.29, 0.717) is 12.5 Å². The number of benzene rings is 2. The maximum Gasteiger partial charge on any atom is 0.221 e. The second-order valence-corrected chi connectivity index (χ2v) is 4.44. The Kier molecular flexibility index (Phi) is 3.50. The number of ether oxygens (including phenoxy) is 1. The van der Waals surface area contributed by atoms with E-state index in [9.17, 15) is 0 Å². The molecule has 1 heterocycles. The molecule has 0 saturated heterocycles. The summed E-state index contributed by atoms with van der Waals surface area (Å²) in [6, 6.07) is 18.2. The van der Waals surface area contributed by atoms with Crippen LogP contribution in [0.25, 0.3) is 10.8 Å². The average Bonchev–Trinajstić information content (AvgIpc) is 2.50. The van der Waals surface area contributed by atoms with Crippen molar-refractivity contribution in [2.45, 2.75) is 6.92 Å². The number of para-hydroxylation sites is 1. The molecule has 3 aromatic rings. The van der Waals surface area contributed by atoms with Crippen LogP contribution in [0.5, 0.6) is 5.88 Å². The lowest BCUT2D eigenvalue weighted by Gasteiger charge is -2.11. The molecule has 100 valence electrons. The van der Waals surface area contributed by atoms with Crippen LogP contribution in [0.4, 0.5) is 11.4 Å². The SMILES string of the molecule is CCOc1nccc2c(Nc3ccccc3)cccc12. The number of nitrogens with zero attached hydrogens (tertiary/aromatic N) is 1. The number of aromatic nitrogens is 1. The zero-order valence-corrected chi connectivity index (χ0v) is 11.3. The molecule has 0 fully saturated rings. The molecule has 0 saturated carbocycles. The van der Waals surface area contributed by atoms with Crippen molar-refractivity contribution in [1.29, 1.82) is 0 Å². The molecule has 0 bridgehead atoms. The Balaban J connectivity index is 2.06. The van der Waals surface area contributed by atoms with Gasteiger partial charge in [-0.05, 0) is 37.3 Å². The minimum atomic E-state index is 0.614.